The van der Waals surface area contributed by atoms with E-state index < -0.39 is 5.82 Å². The number of nitrogens with zero attached hydrogens (tertiary/aromatic N) is 2. The Bertz CT molecular complexity index is 650. The highest BCUT2D eigenvalue weighted by Gasteiger charge is 2.14. The number of fused-ring (bicyclic) bond motifs is 1. The van der Waals surface area contributed by atoms with E-state index in [1.165, 1.54) is 18.5 Å². The minimum absolute atomic E-state index is 0.276. The van der Waals surface area contributed by atoms with E-state index in [2.05, 4.69) is 25.5 Å². The molecule has 22 heavy (non-hydrogen) atoms. The molecule has 0 atom stereocenters. The first-order valence-electron chi connectivity index (χ1n) is 7.58. The molecule has 0 aliphatic carbocycles. The summed E-state index contributed by atoms with van der Waals surface area (Å²) in [5, 5.41) is 6.15. The number of H-pyrrole nitrogens is 1. The SMILES string of the molecule is O=C(NCCCN1CCNCC1)c1cc(F)cc2[nH]cnc12. The van der Waals surface area contributed by atoms with Gasteiger partial charge < -0.3 is 20.5 Å². The summed E-state index contributed by atoms with van der Waals surface area (Å²) < 4.78 is 13.5. The lowest BCUT2D eigenvalue weighted by Crippen LogP contribution is -2.44. The first kappa shape index (κ1) is 14.9. The van der Waals surface area contributed by atoms with Gasteiger partial charge in [-0.15, -0.1) is 0 Å². The van der Waals surface area contributed by atoms with Crippen molar-refractivity contribution in [3.05, 3.63) is 29.8 Å². The second-order valence-corrected chi connectivity index (χ2v) is 5.45. The molecule has 0 spiro atoms. The summed E-state index contributed by atoms with van der Waals surface area (Å²) >= 11 is 0. The Hall–Kier alpha value is -1.99. The summed E-state index contributed by atoms with van der Waals surface area (Å²) in [4.78, 5) is 21.5. The third-order valence-electron chi connectivity index (χ3n) is 3.88. The quantitative estimate of drug-likeness (QED) is 0.712. The molecular weight excluding hydrogens is 285 g/mol. The first-order valence-corrected chi connectivity index (χ1v) is 7.58. The van der Waals surface area contributed by atoms with Crippen molar-refractivity contribution < 1.29 is 9.18 Å². The molecule has 1 aromatic heterocycles. The van der Waals surface area contributed by atoms with E-state index in [9.17, 15) is 9.18 Å². The number of hydrogen-bond donors (Lipinski definition) is 3. The average Bonchev–Trinajstić information content (AvgIpc) is 2.99. The van der Waals surface area contributed by atoms with Gasteiger partial charge in [-0.1, -0.05) is 0 Å². The number of rotatable bonds is 5. The van der Waals surface area contributed by atoms with Crippen molar-refractivity contribution in [3.8, 4) is 0 Å². The van der Waals surface area contributed by atoms with Crippen molar-refractivity contribution in [2.24, 2.45) is 0 Å². The van der Waals surface area contributed by atoms with Crippen LogP contribution in [0.5, 0.6) is 0 Å². The molecule has 118 valence electrons. The number of hydrogen-bond acceptors (Lipinski definition) is 4. The number of piperazine rings is 1. The van der Waals surface area contributed by atoms with Gasteiger partial charge in [0.1, 0.15) is 11.3 Å². The number of carbonyl (C=O) groups excluding carboxylic acids is 1. The standard InChI is InChI=1S/C15H20FN5O/c16-11-8-12(14-13(9-11)19-10-20-14)15(22)18-2-1-5-21-6-3-17-4-7-21/h8-10,17H,1-7H2,(H,18,22)(H,19,20). The van der Waals surface area contributed by atoms with Crippen LogP contribution in [0.4, 0.5) is 4.39 Å². The van der Waals surface area contributed by atoms with Crippen LogP contribution in [-0.4, -0.2) is 60.0 Å². The summed E-state index contributed by atoms with van der Waals surface area (Å²) in [7, 11) is 0. The van der Waals surface area contributed by atoms with Crippen LogP contribution in [0.2, 0.25) is 0 Å². The molecule has 0 radical (unpaired) electrons. The van der Waals surface area contributed by atoms with E-state index >= 15 is 0 Å². The summed E-state index contributed by atoms with van der Waals surface area (Å²) in [6.45, 7) is 5.67. The number of nitrogens with one attached hydrogen (secondary N) is 3. The lowest BCUT2D eigenvalue weighted by atomic mass is 10.1. The Kier molecular flexibility index (Phi) is 4.65. The number of benzene rings is 1. The summed E-state index contributed by atoms with van der Waals surface area (Å²) in [6, 6.07) is 2.57. The highest BCUT2D eigenvalue weighted by molar-refractivity contribution is 6.04. The molecule has 3 rings (SSSR count). The van der Waals surface area contributed by atoms with Crippen LogP contribution >= 0.6 is 0 Å². The zero-order valence-electron chi connectivity index (χ0n) is 12.4. The molecule has 6 nitrogen and oxygen atoms in total. The van der Waals surface area contributed by atoms with Crippen LogP contribution in [-0.2, 0) is 0 Å². The molecule has 0 saturated carbocycles. The minimum Gasteiger partial charge on any atom is -0.352 e. The Balaban J connectivity index is 1.53. The molecule has 1 aromatic carbocycles. The van der Waals surface area contributed by atoms with E-state index in [1.807, 2.05) is 0 Å². The van der Waals surface area contributed by atoms with Crippen molar-refractivity contribution in [1.29, 1.82) is 0 Å². The maximum Gasteiger partial charge on any atom is 0.253 e. The molecular formula is C15H20FN5O. The van der Waals surface area contributed by atoms with Crippen LogP contribution in [0.1, 0.15) is 16.8 Å². The number of imidazole rings is 1. The van der Waals surface area contributed by atoms with Crippen molar-refractivity contribution in [2.45, 2.75) is 6.42 Å². The second-order valence-electron chi connectivity index (χ2n) is 5.45. The third-order valence-corrected chi connectivity index (χ3v) is 3.88. The lowest BCUT2D eigenvalue weighted by Gasteiger charge is -2.27. The highest BCUT2D eigenvalue weighted by atomic mass is 19.1. The van der Waals surface area contributed by atoms with E-state index in [4.69, 9.17) is 0 Å². The molecule has 3 N–H and O–H groups in total. The predicted molar refractivity (Wildman–Crippen MR) is 82.3 cm³/mol. The van der Waals surface area contributed by atoms with E-state index in [0.717, 1.165) is 39.1 Å². The zero-order valence-corrected chi connectivity index (χ0v) is 12.4. The fraction of sp³-hybridized carbons (Fsp3) is 0.467. The van der Waals surface area contributed by atoms with Gasteiger partial charge in [0.05, 0.1) is 17.4 Å². The van der Waals surface area contributed by atoms with Gasteiger partial charge in [0.25, 0.3) is 5.91 Å². The maximum absolute atomic E-state index is 13.5. The predicted octanol–water partition coefficient (Wildman–Crippen LogP) is 0.727. The summed E-state index contributed by atoms with van der Waals surface area (Å²) in [5.41, 5.74) is 1.31. The second kappa shape index (κ2) is 6.85. The summed E-state index contributed by atoms with van der Waals surface area (Å²) in [6.07, 6.45) is 2.34. The number of aromatic nitrogens is 2. The molecule has 0 bridgehead atoms. The van der Waals surface area contributed by atoms with Gasteiger partial charge in [-0.05, 0) is 25.1 Å². The Morgan fingerprint density at radius 1 is 1.36 bits per heavy atom. The van der Waals surface area contributed by atoms with Gasteiger partial charge in [-0.2, -0.15) is 0 Å². The minimum atomic E-state index is -0.442. The smallest absolute Gasteiger partial charge is 0.253 e. The van der Waals surface area contributed by atoms with E-state index in [-0.39, 0.29) is 11.5 Å². The van der Waals surface area contributed by atoms with Gasteiger partial charge in [-0.25, -0.2) is 9.37 Å². The van der Waals surface area contributed by atoms with Crippen LogP contribution in [0.3, 0.4) is 0 Å². The Labute approximate surface area is 128 Å². The molecule has 0 unspecified atom stereocenters. The van der Waals surface area contributed by atoms with Crippen LogP contribution in [0.25, 0.3) is 11.0 Å². The molecule has 1 fully saturated rings. The normalized spacial score (nSPS) is 16.0. The maximum atomic E-state index is 13.5. The van der Waals surface area contributed by atoms with Gasteiger partial charge in [0.15, 0.2) is 0 Å². The van der Waals surface area contributed by atoms with Crippen LogP contribution in [0, 0.1) is 5.82 Å². The number of aromatic amines is 1. The number of amides is 1. The molecule has 1 saturated heterocycles. The van der Waals surface area contributed by atoms with Crippen molar-refractivity contribution in [2.75, 3.05) is 39.3 Å². The third kappa shape index (κ3) is 3.42. The average molecular weight is 305 g/mol. The van der Waals surface area contributed by atoms with Gasteiger partial charge in [-0.3, -0.25) is 4.79 Å². The van der Waals surface area contributed by atoms with Gasteiger partial charge in [0.2, 0.25) is 0 Å². The first-order chi connectivity index (χ1) is 10.7. The molecule has 1 amide bonds. The van der Waals surface area contributed by atoms with Gasteiger partial charge >= 0.3 is 0 Å². The Morgan fingerprint density at radius 3 is 3.00 bits per heavy atom. The van der Waals surface area contributed by atoms with Crippen molar-refractivity contribution in [3.63, 3.8) is 0 Å². The van der Waals surface area contributed by atoms with Crippen molar-refractivity contribution >= 4 is 16.9 Å². The van der Waals surface area contributed by atoms with Crippen LogP contribution in [0.15, 0.2) is 18.5 Å². The fourth-order valence-corrected chi connectivity index (χ4v) is 2.72. The molecule has 1 aliphatic heterocycles. The van der Waals surface area contributed by atoms with E-state index in [1.54, 1.807) is 0 Å². The fourth-order valence-electron chi connectivity index (χ4n) is 2.72. The zero-order chi connectivity index (χ0) is 15.4. The lowest BCUT2D eigenvalue weighted by molar-refractivity contribution is 0.0952. The number of carbonyl (C=O) groups is 1. The Morgan fingerprint density at radius 2 is 2.18 bits per heavy atom. The summed E-state index contributed by atoms with van der Waals surface area (Å²) in [5.74, 6) is -0.723. The topological polar surface area (TPSA) is 73.1 Å². The molecule has 7 heteroatoms. The largest absolute Gasteiger partial charge is 0.352 e. The monoisotopic (exact) mass is 305 g/mol. The molecule has 2 heterocycles. The van der Waals surface area contributed by atoms with Crippen molar-refractivity contribution in [1.82, 2.24) is 25.5 Å². The van der Waals surface area contributed by atoms with E-state index in [0.29, 0.717) is 17.6 Å². The molecule has 2 aromatic rings. The number of halogens is 1. The highest BCUT2D eigenvalue weighted by Crippen LogP contribution is 2.17. The van der Waals surface area contributed by atoms with Gasteiger partial charge in [0, 0.05) is 32.7 Å². The molecule has 1 aliphatic rings. The van der Waals surface area contributed by atoms with Crippen LogP contribution < -0.4 is 10.6 Å².